The summed E-state index contributed by atoms with van der Waals surface area (Å²) in [6, 6.07) is 7.64. The summed E-state index contributed by atoms with van der Waals surface area (Å²) in [5, 5.41) is 3.84. The van der Waals surface area contributed by atoms with E-state index in [9.17, 15) is 8.78 Å². The molecule has 2 aliphatic rings. The van der Waals surface area contributed by atoms with Gasteiger partial charge < -0.3 is 15.1 Å². The number of halogens is 2. The van der Waals surface area contributed by atoms with E-state index in [2.05, 4.69) is 39.2 Å². The Hall–Kier alpha value is -3.72. The Bertz CT molecular complexity index is 1430. The number of rotatable bonds is 6. The van der Waals surface area contributed by atoms with Gasteiger partial charge in [0.15, 0.2) is 5.82 Å². The maximum absolute atomic E-state index is 14.2. The molecule has 4 heterocycles. The van der Waals surface area contributed by atoms with Crippen molar-refractivity contribution in [1.29, 1.82) is 0 Å². The van der Waals surface area contributed by atoms with Gasteiger partial charge in [0.2, 0.25) is 0 Å². The van der Waals surface area contributed by atoms with Crippen LogP contribution in [0.5, 0.6) is 0 Å². The van der Waals surface area contributed by atoms with Gasteiger partial charge in [-0.3, -0.25) is 4.98 Å². The van der Waals surface area contributed by atoms with Crippen molar-refractivity contribution in [2.75, 3.05) is 37.4 Å². The van der Waals surface area contributed by atoms with E-state index < -0.39 is 11.6 Å². The first kappa shape index (κ1) is 23.7. The molecule has 1 aliphatic heterocycles. The molecule has 1 saturated heterocycles. The number of anilines is 3. The molecule has 1 saturated carbocycles. The molecule has 0 atom stereocenters. The molecular formula is C28H29F2N7. The number of likely N-dealkylation sites (tertiary alicyclic amines) is 1. The number of pyridine rings is 2. The van der Waals surface area contributed by atoms with Gasteiger partial charge in [0.25, 0.3) is 0 Å². The lowest BCUT2D eigenvalue weighted by atomic mass is 10.0. The van der Waals surface area contributed by atoms with Crippen molar-refractivity contribution in [2.24, 2.45) is 0 Å². The number of nitrogens with one attached hydrogen (secondary N) is 1. The maximum Gasteiger partial charge on any atom is 0.162 e. The van der Waals surface area contributed by atoms with Crippen LogP contribution in [-0.4, -0.2) is 58.1 Å². The van der Waals surface area contributed by atoms with Crippen LogP contribution in [0.3, 0.4) is 0 Å². The third-order valence-electron chi connectivity index (χ3n) is 7.44. The van der Waals surface area contributed by atoms with E-state index in [0.29, 0.717) is 29.2 Å². The first-order valence-corrected chi connectivity index (χ1v) is 12.7. The summed E-state index contributed by atoms with van der Waals surface area (Å²) >= 11 is 0. The van der Waals surface area contributed by atoms with E-state index in [-0.39, 0.29) is 5.69 Å². The summed E-state index contributed by atoms with van der Waals surface area (Å²) in [5.74, 6) is 0.870. The van der Waals surface area contributed by atoms with Gasteiger partial charge in [0.1, 0.15) is 29.0 Å². The molecule has 3 aromatic heterocycles. The highest BCUT2D eigenvalue weighted by Gasteiger charge is 2.30. The molecule has 7 nitrogen and oxygen atoms in total. The number of nitrogens with zero attached hydrogens (tertiary/aromatic N) is 6. The molecule has 6 rings (SSSR count). The van der Waals surface area contributed by atoms with E-state index in [0.717, 1.165) is 55.5 Å². The smallest absolute Gasteiger partial charge is 0.162 e. The molecule has 0 amide bonds. The number of fused-ring (bicyclic) bond motifs is 1. The van der Waals surface area contributed by atoms with Crippen LogP contribution in [0.15, 0.2) is 48.9 Å². The number of hydrogen-bond donors (Lipinski definition) is 1. The Kier molecular flexibility index (Phi) is 6.16. The Morgan fingerprint density at radius 3 is 2.49 bits per heavy atom. The van der Waals surface area contributed by atoms with Crippen LogP contribution >= 0.6 is 0 Å². The van der Waals surface area contributed by atoms with Crippen LogP contribution in [0.4, 0.5) is 26.1 Å². The first-order valence-electron chi connectivity index (χ1n) is 12.7. The maximum atomic E-state index is 14.2. The first-order chi connectivity index (χ1) is 18.0. The van der Waals surface area contributed by atoms with Crippen LogP contribution < -0.4 is 10.2 Å². The lowest BCUT2D eigenvalue weighted by molar-refractivity contribution is 0.252. The average Bonchev–Trinajstić information content (AvgIpc) is 3.76. The van der Waals surface area contributed by atoms with Gasteiger partial charge in [-0.15, -0.1) is 0 Å². The number of aromatic nitrogens is 4. The minimum atomic E-state index is -0.685. The normalized spacial score (nSPS) is 16.8. The molecular weight excluding hydrogens is 472 g/mol. The molecule has 9 heteroatoms. The fraction of sp³-hybridized carbons (Fsp3) is 0.357. The molecule has 1 aliphatic carbocycles. The highest BCUT2D eigenvalue weighted by Crippen LogP contribution is 2.45. The topological polar surface area (TPSA) is 70.1 Å². The molecule has 4 aromatic rings. The molecule has 1 aromatic carbocycles. The van der Waals surface area contributed by atoms with Crippen molar-refractivity contribution in [3.8, 4) is 11.4 Å². The fourth-order valence-electron chi connectivity index (χ4n) is 5.12. The number of piperidine rings is 1. The zero-order valence-electron chi connectivity index (χ0n) is 21.0. The van der Waals surface area contributed by atoms with Gasteiger partial charge in [-0.05, 0) is 81.6 Å². The molecule has 2 fully saturated rings. The molecule has 1 N–H and O–H groups in total. The standard InChI is InChI=1S/C28H29F2N7/c1-36-12-9-19(10-13-36)37(2)28-25-20(17-6-7-17)15-31-16-23(25)33-27(35-28)18-8-11-32-24(14-18)34-26-21(29)4-3-5-22(26)30/h3-5,8,11,14-17,19H,6-7,9-10,12-13H2,1-2H3,(H,32,34). The predicted octanol–water partition coefficient (Wildman–Crippen LogP) is 5.52. The number of para-hydroxylation sites is 1. The Labute approximate surface area is 214 Å². The Morgan fingerprint density at radius 2 is 1.76 bits per heavy atom. The summed E-state index contributed by atoms with van der Waals surface area (Å²) in [7, 11) is 4.28. The van der Waals surface area contributed by atoms with Gasteiger partial charge >= 0.3 is 0 Å². The lowest BCUT2D eigenvalue weighted by Gasteiger charge is -2.36. The fourth-order valence-corrected chi connectivity index (χ4v) is 5.12. The van der Waals surface area contributed by atoms with E-state index in [1.165, 1.54) is 23.8 Å². The molecule has 0 unspecified atom stereocenters. The zero-order chi connectivity index (χ0) is 25.5. The van der Waals surface area contributed by atoms with Gasteiger partial charge in [-0.2, -0.15) is 0 Å². The van der Waals surface area contributed by atoms with Crippen molar-refractivity contribution in [3.63, 3.8) is 0 Å². The van der Waals surface area contributed by atoms with Crippen LogP contribution in [0.1, 0.15) is 37.2 Å². The van der Waals surface area contributed by atoms with Crippen LogP contribution in [0.2, 0.25) is 0 Å². The highest BCUT2D eigenvalue weighted by atomic mass is 19.1. The second-order valence-electron chi connectivity index (χ2n) is 10.1. The molecule has 37 heavy (non-hydrogen) atoms. The number of hydrogen-bond acceptors (Lipinski definition) is 7. The third kappa shape index (κ3) is 4.71. The minimum absolute atomic E-state index is 0.243. The van der Waals surface area contributed by atoms with Crippen molar-refractivity contribution >= 4 is 28.2 Å². The second-order valence-corrected chi connectivity index (χ2v) is 10.1. The lowest BCUT2D eigenvalue weighted by Crippen LogP contribution is -2.42. The SMILES string of the molecule is CN1CCC(N(C)c2nc(-c3ccnc(Nc4c(F)cccc4F)c3)nc3cncc(C4CC4)c23)CC1. The Morgan fingerprint density at radius 1 is 1.00 bits per heavy atom. The van der Waals surface area contributed by atoms with E-state index in [1.807, 2.05) is 12.3 Å². The summed E-state index contributed by atoms with van der Waals surface area (Å²) in [6.45, 7) is 2.10. The predicted molar refractivity (Wildman–Crippen MR) is 141 cm³/mol. The number of benzene rings is 1. The molecule has 0 radical (unpaired) electrons. The van der Waals surface area contributed by atoms with Gasteiger partial charge in [0, 0.05) is 36.4 Å². The summed E-state index contributed by atoms with van der Waals surface area (Å²) in [6.07, 6.45) is 9.80. The summed E-state index contributed by atoms with van der Waals surface area (Å²) in [4.78, 5) is 23.4. The van der Waals surface area contributed by atoms with Gasteiger partial charge in [-0.25, -0.2) is 23.7 Å². The second kappa shape index (κ2) is 9.63. The largest absolute Gasteiger partial charge is 0.356 e. The molecule has 0 bridgehead atoms. The average molecular weight is 502 g/mol. The minimum Gasteiger partial charge on any atom is -0.356 e. The molecule has 190 valence electrons. The van der Waals surface area contributed by atoms with Crippen LogP contribution in [0, 0.1) is 11.6 Å². The van der Waals surface area contributed by atoms with Crippen LogP contribution in [-0.2, 0) is 0 Å². The van der Waals surface area contributed by atoms with Gasteiger partial charge in [0.05, 0.1) is 11.7 Å². The van der Waals surface area contributed by atoms with E-state index in [4.69, 9.17) is 9.97 Å². The van der Waals surface area contributed by atoms with Crippen molar-refractivity contribution in [1.82, 2.24) is 24.8 Å². The summed E-state index contributed by atoms with van der Waals surface area (Å²) in [5.41, 5.74) is 2.47. The van der Waals surface area contributed by atoms with Crippen molar-refractivity contribution < 1.29 is 8.78 Å². The van der Waals surface area contributed by atoms with E-state index in [1.54, 1.807) is 18.5 Å². The van der Waals surface area contributed by atoms with Crippen LogP contribution in [0.25, 0.3) is 22.3 Å². The van der Waals surface area contributed by atoms with Crippen molar-refractivity contribution in [2.45, 2.75) is 37.6 Å². The van der Waals surface area contributed by atoms with Crippen molar-refractivity contribution in [3.05, 3.63) is 66.1 Å². The summed E-state index contributed by atoms with van der Waals surface area (Å²) < 4.78 is 28.4. The quantitative estimate of drug-likeness (QED) is 0.373. The monoisotopic (exact) mass is 501 g/mol. The third-order valence-corrected chi connectivity index (χ3v) is 7.44. The molecule has 0 spiro atoms. The Balaban J connectivity index is 1.43. The highest BCUT2D eigenvalue weighted by molar-refractivity contribution is 5.94. The van der Waals surface area contributed by atoms with E-state index >= 15 is 0 Å². The van der Waals surface area contributed by atoms with Gasteiger partial charge in [-0.1, -0.05) is 6.07 Å². The zero-order valence-corrected chi connectivity index (χ0v) is 21.0.